The number of para-hydroxylation sites is 2. The molecule has 0 spiro atoms. The van der Waals surface area contributed by atoms with Gasteiger partial charge in [0.2, 0.25) is 0 Å². The Labute approximate surface area is 149 Å². The Morgan fingerprint density at radius 2 is 1.52 bits per heavy atom. The monoisotopic (exact) mass is 357 g/mol. The quantitative estimate of drug-likeness (QED) is 0.785. The molecule has 2 saturated heterocycles. The fourth-order valence-electron chi connectivity index (χ4n) is 4.06. The second-order valence-electron chi connectivity index (χ2n) is 6.63. The number of hydrogen-bond donors (Lipinski definition) is 0. The lowest BCUT2D eigenvalue weighted by molar-refractivity contribution is -0.0327. The third-order valence-electron chi connectivity index (χ3n) is 5.21. The summed E-state index contributed by atoms with van der Waals surface area (Å²) in [6.45, 7) is 0.939. The van der Waals surface area contributed by atoms with Gasteiger partial charge in [-0.15, -0.1) is 0 Å². The van der Waals surface area contributed by atoms with E-state index in [-0.39, 0.29) is 18.2 Å². The molecule has 5 nitrogen and oxygen atoms in total. The summed E-state index contributed by atoms with van der Waals surface area (Å²) in [5, 5.41) is 0. The molecule has 0 saturated carbocycles. The van der Waals surface area contributed by atoms with Crippen LogP contribution in [0.5, 0.6) is 0 Å². The van der Waals surface area contributed by atoms with Gasteiger partial charge in [0.05, 0.1) is 19.3 Å². The molecule has 0 N–H and O–H groups in total. The predicted molar refractivity (Wildman–Crippen MR) is 94.9 cm³/mol. The second-order valence-corrected chi connectivity index (χ2v) is 7.43. The number of hydrogen-bond acceptors (Lipinski definition) is 5. The molecule has 0 amide bonds. The molecule has 25 heavy (non-hydrogen) atoms. The van der Waals surface area contributed by atoms with Gasteiger partial charge in [0.1, 0.15) is 12.2 Å². The molecule has 3 aliphatic heterocycles. The standard InChI is InChI=1S/C19H19NO4S/c21-25-23-18-12-22-11-17(19(18)24-25)20-15-7-3-1-5-13(15)9-10-14-6-2-4-8-16(14)20/h1-8,17-19H,9-12H2/t17-,18-,19+,25?/m0/s1. The number of anilines is 2. The van der Waals surface area contributed by atoms with Crippen molar-refractivity contribution in [2.24, 2.45) is 0 Å². The van der Waals surface area contributed by atoms with Crippen LogP contribution < -0.4 is 4.90 Å². The van der Waals surface area contributed by atoms with E-state index >= 15 is 0 Å². The van der Waals surface area contributed by atoms with Crippen molar-refractivity contribution < 1.29 is 17.3 Å². The normalized spacial score (nSPS) is 31.0. The zero-order valence-electron chi connectivity index (χ0n) is 13.7. The van der Waals surface area contributed by atoms with Gasteiger partial charge in [0.25, 0.3) is 0 Å². The summed E-state index contributed by atoms with van der Waals surface area (Å²) in [5.41, 5.74) is 4.95. The van der Waals surface area contributed by atoms with Gasteiger partial charge in [-0.1, -0.05) is 36.4 Å². The van der Waals surface area contributed by atoms with Crippen molar-refractivity contribution in [2.75, 3.05) is 18.1 Å². The molecular weight excluding hydrogens is 338 g/mol. The SMILES string of the molecule is O=S1O[C@H]2[C@H](COC[C@@H]2N2c3ccccc3CCc3ccccc32)O1. The van der Waals surface area contributed by atoms with Crippen molar-refractivity contribution in [3.05, 3.63) is 59.7 Å². The highest BCUT2D eigenvalue weighted by Crippen LogP contribution is 2.41. The fraction of sp³-hybridized carbons (Fsp3) is 0.368. The van der Waals surface area contributed by atoms with Gasteiger partial charge in [0.15, 0.2) is 0 Å². The Balaban J connectivity index is 1.65. The van der Waals surface area contributed by atoms with Crippen molar-refractivity contribution in [2.45, 2.75) is 31.1 Å². The summed E-state index contributed by atoms with van der Waals surface area (Å²) in [6, 6.07) is 16.9. The third kappa shape index (κ3) is 2.60. The largest absolute Gasteiger partial charge is 0.376 e. The zero-order chi connectivity index (χ0) is 16.8. The Morgan fingerprint density at radius 3 is 2.20 bits per heavy atom. The first-order chi connectivity index (χ1) is 12.3. The van der Waals surface area contributed by atoms with Crippen LogP contribution in [0.4, 0.5) is 11.4 Å². The van der Waals surface area contributed by atoms with Gasteiger partial charge >= 0.3 is 11.4 Å². The average molecular weight is 357 g/mol. The summed E-state index contributed by atoms with van der Waals surface area (Å²) in [6.07, 6.45) is 1.43. The van der Waals surface area contributed by atoms with E-state index in [0.717, 1.165) is 12.8 Å². The molecule has 0 aliphatic carbocycles. The minimum Gasteiger partial charge on any atom is -0.376 e. The molecular formula is C19H19NO4S. The summed E-state index contributed by atoms with van der Waals surface area (Å²) in [4.78, 5) is 2.31. The maximum atomic E-state index is 11.8. The molecule has 2 aromatic rings. The molecule has 2 aromatic carbocycles. The maximum absolute atomic E-state index is 11.8. The van der Waals surface area contributed by atoms with Crippen LogP contribution in [0, 0.1) is 0 Å². The smallest absolute Gasteiger partial charge is 0.305 e. The van der Waals surface area contributed by atoms with Crippen molar-refractivity contribution >= 4 is 22.7 Å². The molecule has 3 heterocycles. The minimum absolute atomic E-state index is 0.0781. The molecule has 0 radical (unpaired) electrons. The first kappa shape index (κ1) is 15.5. The van der Waals surface area contributed by atoms with Crippen LogP contribution in [0.25, 0.3) is 0 Å². The van der Waals surface area contributed by atoms with E-state index in [9.17, 15) is 4.21 Å². The fourth-order valence-corrected chi connectivity index (χ4v) is 4.90. The van der Waals surface area contributed by atoms with E-state index < -0.39 is 11.4 Å². The highest BCUT2D eigenvalue weighted by Gasteiger charge is 2.47. The number of benzene rings is 2. The summed E-state index contributed by atoms with van der Waals surface area (Å²) >= 11 is -1.69. The van der Waals surface area contributed by atoms with Crippen molar-refractivity contribution in [3.8, 4) is 0 Å². The zero-order valence-corrected chi connectivity index (χ0v) is 14.5. The van der Waals surface area contributed by atoms with Crippen LogP contribution in [-0.2, 0) is 37.3 Å². The number of ether oxygens (including phenoxy) is 1. The molecule has 1 unspecified atom stereocenters. The lowest BCUT2D eigenvalue weighted by Crippen LogP contribution is -2.53. The Bertz CT molecular complexity index is 779. The van der Waals surface area contributed by atoms with Crippen LogP contribution in [0.15, 0.2) is 48.5 Å². The van der Waals surface area contributed by atoms with E-state index in [1.165, 1.54) is 22.5 Å². The molecule has 3 aliphatic rings. The Kier molecular flexibility index (Phi) is 3.86. The number of aryl methyl sites for hydroxylation is 2. The lowest BCUT2D eigenvalue weighted by Gasteiger charge is -2.40. The van der Waals surface area contributed by atoms with Crippen molar-refractivity contribution in [1.29, 1.82) is 0 Å². The number of fused-ring (bicyclic) bond motifs is 3. The van der Waals surface area contributed by atoms with E-state index in [1.54, 1.807) is 0 Å². The molecule has 4 atom stereocenters. The molecule has 0 aromatic heterocycles. The first-order valence-corrected chi connectivity index (χ1v) is 9.60. The van der Waals surface area contributed by atoms with E-state index in [1.807, 2.05) is 0 Å². The van der Waals surface area contributed by atoms with Crippen LogP contribution in [0.3, 0.4) is 0 Å². The predicted octanol–water partition coefficient (Wildman–Crippen LogP) is 2.68. The van der Waals surface area contributed by atoms with E-state index in [4.69, 9.17) is 13.1 Å². The van der Waals surface area contributed by atoms with E-state index in [0.29, 0.717) is 13.2 Å². The van der Waals surface area contributed by atoms with Crippen molar-refractivity contribution in [1.82, 2.24) is 0 Å². The lowest BCUT2D eigenvalue weighted by atomic mass is 9.99. The minimum atomic E-state index is -1.69. The van der Waals surface area contributed by atoms with Crippen LogP contribution in [0.2, 0.25) is 0 Å². The first-order valence-electron chi connectivity index (χ1n) is 8.60. The summed E-state index contributed by atoms with van der Waals surface area (Å²) < 4.78 is 28.6. The van der Waals surface area contributed by atoms with Crippen LogP contribution >= 0.6 is 0 Å². The van der Waals surface area contributed by atoms with Crippen molar-refractivity contribution in [3.63, 3.8) is 0 Å². The average Bonchev–Trinajstić information content (AvgIpc) is 2.94. The topological polar surface area (TPSA) is 48.0 Å². The molecule has 130 valence electrons. The Hall–Kier alpha value is -1.73. The van der Waals surface area contributed by atoms with Crippen LogP contribution in [0.1, 0.15) is 11.1 Å². The summed E-state index contributed by atoms with van der Waals surface area (Å²) in [5.74, 6) is 0. The van der Waals surface area contributed by atoms with Gasteiger partial charge < -0.3 is 9.64 Å². The number of rotatable bonds is 1. The maximum Gasteiger partial charge on any atom is 0.305 e. The highest BCUT2D eigenvalue weighted by atomic mass is 32.2. The molecule has 6 heteroatoms. The highest BCUT2D eigenvalue weighted by molar-refractivity contribution is 7.75. The van der Waals surface area contributed by atoms with Gasteiger partial charge in [-0.3, -0.25) is 8.37 Å². The summed E-state index contributed by atoms with van der Waals surface area (Å²) in [7, 11) is 0. The third-order valence-corrected chi connectivity index (χ3v) is 5.99. The Morgan fingerprint density at radius 1 is 0.880 bits per heavy atom. The van der Waals surface area contributed by atoms with E-state index in [2.05, 4.69) is 53.4 Å². The van der Waals surface area contributed by atoms with Crippen LogP contribution in [-0.4, -0.2) is 35.7 Å². The van der Waals surface area contributed by atoms with Gasteiger partial charge in [-0.2, -0.15) is 4.21 Å². The second kappa shape index (κ2) is 6.21. The molecule has 5 rings (SSSR count). The number of nitrogens with zero attached hydrogens (tertiary/aromatic N) is 1. The molecule has 0 bridgehead atoms. The van der Waals surface area contributed by atoms with Gasteiger partial charge in [-0.25, -0.2) is 0 Å². The molecule has 2 fully saturated rings. The van der Waals surface area contributed by atoms with Gasteiger partial charge in [-0.05, 0) is 36.1 Å². The van der Waals surface area contributed by atoms with Gasteiger partial charge in [0, 0.05) is 11.4 Å².